The molecule has 2 nitrogen and oxygen atoms in total. The fourth-order valence-electron chi connectivity index (χ4n) is 3.51. The molecule has 2 N–H and O–H groups in total. The average Bonchev–Trinajstić information content (AvgIpc) is 2.29. The van der Waals surface area contributed by atoms with Crippen LogP contribution in [0.25, 0.3) is 0 Å². The molecule has 2 heteroatoms. The van der Waals surface area contributed by atoms with Gasteiger partial charge >= 0.3 is 0 Å². The Labute approximate surface area is 107 Å². The molecule has 2 saturated carbocycles. The molecule has 0 atom stereocenters. The highest BCUT2D eigenvalue weighted by molar-refractivity contribution is 4.89. The van der Waals surface area contributed by atoms with E-state index >= 15 is 0 Å². The van der Waals surface area contributed by atoms with E-state index in [9.17, 15) is 0 Å². The normalized spacial score (nSPS) is 32.5. The first kappa shape index (κ1) is 13.4. The van der Waals surface area contributed by atoms with Crippen LogP contribution in [0.5, 0.6) is 0 Å². The molecule has 100 valence electrons. The van der Waals surface area contributed by atoms with Crippen LogP contribution in [0.15, 0.2) is 0 Å². The van der Waals surface area contributed by atoms with E-state index in [2.05, 4.69) is 18.9 Å². The lowest BCUT2D eigenvalue weighted by molar-refractivity contribution is 0.0902. The topological polar surface area (TPSA) is 29.3 Å². The molecule has 2 fully saturated rings. The minimum absolute atomic E-state index is 0.524. The monoisotopic (exact) mass is 238 g/mol. The Hall–Kier alpha value is -0.0800. The smallest absolute Gasteiger partial charge is 0.00924 e. The van der Waals surface area contributed by atoms with E-state index < -0.39 is 0 Å². The molecule has 2 aliphatic rings. The van der Waals surface area contributed by atoms with Crippen LogP contribution in [0, 0.1) is 11.3 Å². The molecule has 0 amide bonds. The summed E-state index contributed by atoms with van der Waals surface area (Å²) in [5.74, 6) is 0.960. The Bertz CT molecular complexity index is 222. The minimum atomic E-state index is 0.524. The third-order valence-electron chi connectivity index (χ3n) is 5.45. The lowest BCUT2D eigenvalue weighted by Crippen LogP contribution is -2.42. The largest absolute Gasteiger partial charge is 0.330 e. The van der Waals surface area contributed by atoms with Crippen LogP contribution in [0.4, 0.5) is 0 Å². The van der Waals surface area contributed by atoms with Gasteiger partial charge in [-0.25, -0.2) is 0 Å². The molecule has 0 aromatic carbocycles. The highest BCUT2D eigenvalue weighted by Crippen LogP contribution is 2.43. The second kappa shape index (κ2) is 5.71. The Balaban J connectivity index is 1.71. The van der Waals surface area contributed by atoms with Gasteiger partial charge in [0.15, 0.2) is 0 Å². The molecule has 2 aliphatic carbocycles. The molecule has 0 spiro atoms. The molecule has 0 bridgehead atoms. The van der Waals surface area contributed by atoms with Crippen molar-refractivity contribution in [1.29, 1.82) is 0 Å². The van der Waals surface area contributed by atoms with E-state index in [0.717, 1.165) is 18.5 Å². The first-order valence-electron chi connectivity index (χ1n) is 7.55. The predicted molar refractivity (Wildman–Crippen MR) is 74.0 cm³/mol. The first-order chi connectivity index (χ1) is 8.15. The lowest BCUT2D eigenvalue weighted by atomic mass is 9.66. The molecular formula is C15H30N2. The van der Waals surface area contributed by atoms with E-state index in [1.54, 1.807) is 0 Å². The molecule has 0 radical (unpaired) electrons. The van der Waals surface area contributed by atoms with Crippen molar-refractivity contribution in [2.24, 2.45) is 17.1 Å². The van der Waals surface area contributed by atoms with Gasteiger partial charge in [0, 0.05) is 6.04 Å². The quantitative estimate of drug-likeness (QED) is 0.798. The molecule has 0 saturated heterocycles. The third kappa shape index (κ3) is 3.23. The molecular weight excluding hydrogens is 208 g/mol. The van der Waals surface area contributed by atoms with E-state index in [4.69, 9.17) is 5.73 Å². The van der Waals surface area contributed by atoms with Gasteiger partial charge in [-0.05, 0) is 76.4 Å². The van der Waals surface area contributed by atoms with Crippen LogP contribution in [-0.2, 0) is 0 Å². The highest BCUT2D eigenvalue weighted by atomic mass is 15.1. The number of hydrogen-bond donors (Lipinski definition) is 1. The Kier molecular flexibility index (Phi) is 4.48. The number of rotatable bonds is 5. The summed E-state index contributed by atoms with van der Waals surface area (Å²) in [5, 5.41) is 0. The van der Waals surface area contributed by atoms with Crippen molar-refractivity contribution >= 4 is 0 Å². The summed E-state index contributed by atoms with van der Waals surface area (Å²) in [6, 6.07) is 0.848. The SMILES string of the molecule is CC1CCC(N(C)CCC2(CN)CCC2)CC1. The van der Waals surface area contributed by atoms with E-state index in [-0.39, 0.29) is 0 Å². The van der Waals surface area contributed by atoms with Crippen LogP contribution in [0.3, 0.4) is 0 Å². The Morgan fingerprint density at radius 3 is 2.29 bits per heavy atom. The number of nitrogens with two attached hydrogens (primary N) is 1. The predicted octanol–water partition coefficient (Wildman–Crippen LogP) is 3.02. The second-order valence-electron chi connectivity index (χ2n) is 6.70. The van der Waals surface area contributed by atoms with Crippen molar-refractivity contribution in [3.8, 4) is 0 Å². The van der Waals surface area contributed by atoms with Gasteiger partial charge in [-0.2, -0.15) is 0 Å². The zero-order valence-electron chi connectivity index (χ0n) is 11.8. The maximum Gasteiger partial charge on any atom is 0.00924 e. The van der Waals surface area contributed by atoms with Crippen LogP contribution in [0.1, 0.15) is 58.3 Å². The average molecular weight is 238 g/mol. The Morgan fingerprint density at radius 1 is 1.18 bits per heavy atom. The van der Waals surface area contributed by atoms with Crippen molar-refractivity contribution in [2.45, 2.75) is 64.3 Å². The van der Waals surface area contributed by atoms with Gasteiger partial charge < -0.3 is 10.6 Å². The van der Waals surface area contributed by atoms with Crippen molar-refractivity contribution in [2.75, 3.05) is 20.1 Å². The Morgan fingerprint density at radius 2 is 1.82 bits per heavy atom. The van der Waals surface area contributed by atoms with Crippen LogP contribution >= 0.6 is 0 Å². The highest BCUT2D eigenvalue weighted by Gasteiger charge is 2.35. The van der Waals surface area contributed by atoms with E-state index in [1.165, 1.54) is 57.9 Å². The number of nitrogens with zero attached hydrogens (tertiary/aromatic N) is 1. The fraction of sp³-hybridized carbons (Fsp3) is 1.00. The van der Waals surface area contributed by atoms with Crippen molar-refractivity contribution in [3.05, 3.63) is 0 Å². The summed E-state index contributed by atoms with van der Waals surface area (Å²) in [6.07, 6.45) is 11.2. The molecule has 0 heterocycles. The van der Waals surface area contributed by atoms with Crippen molar-refractivity contribution in [1.82, 2.24) is 4.90 Å². The first-order valence-corrected chi connectivity index (χ1v) is 7.55. The van der Waals surface area contributed by atoms with Gasteiger partial charge in [0.2, 0.25) is 0 Å². The van der Waals surface area contributed by atoms with Gasteiger partial charge in [0.25, 0.3) is 0 Å². The van der Waals surface area contributed by atoms with Crippen LogP contribution in [0.2, 0.25) is 0 Å². The molecule has 0 aromatic heterocycles. The zero-order chi connectivity index (χ0) is 12.3. The van der Waals surface area contributed by atoms with Gasteiger partial charge in [0.05, 0.1) is 0 Å². The molecule has 0 unspecified atom stereocenters. The van der Waals surface area contributed by atoms with E-state index in [0.29, 0.717) is 5.41 Å². The summed E-state index contributed by atoms with van der Waals surface area (Å²) >= 11 is 0. The van der Waals surface area contributed by atoms with Gasteiger partial charge in [-0.3, -0.25) is 0 Å². The maximum absolute atomic E-state index is 5.93. The van der Waals surface area contributed by atoms with Crippen molar-refractivity contribution in [3.63, 3.8) is 0 Å². The third-order valence-corrected chi connectivity index (χ3v) is 5.45. The number of hydrogen-bond acceptors (Lipinski definition) is 2. The summed E-state index contributed by atoms with van der Waals surface area (Å²) in [7, 11) is 2.32. The summed E-state index contributed by atoms with van der Waals surface area (Å²) in [5.41, 5.74) is 6.46. The standard InChI is InChI=1S/C15H30N2/c1-13-4-6-14(7-5-13)17(2)11-10-15(12-16)8-3-9-15/h13-14H,3-12,16H2,1-2H3. The van der Waals surface area contributed by atoms with E-state index in [1.807, 2.05) is 0 Å². The molecule has 2 rings (SSSR count). The lowest BCUT2D eigenvalue weighted by Gasteiger charge is -2.43. The minimum Gasteiger partial charge on any atom is -0.330 e. The van der Waals surface area contributed by atoms with Crippen LogP contribution < -0.4 is 5.73 Å². The fourth-order valence-corrected chi connectivity index (χ4v) is 3.51. The van der Waals surface area contributed by atoms with Gasteiger partial charge in [-0.1, -0.05) is 13.3 Å². The summed E-state index contributed by atoms with van der Waals surface area (Å²) in [4.78, 5) is 2.61. The summed E-state index contributed by atoms with van der Waals surface area (Å²) < 4.78 is 0. The van der Waals surface area contributed by atoms with Gasteiger partial charge in [0.1, 0.15) is 0 Å². The van der Waals surface area contributed by atoms with Gasteiger partial charge in [-0.15, -0.1) is 0 Å². The van der Waals surface area contributed by atoms with Crippen LogP contribution in [-0.4, -0.2) is 31.1 Å². The second-order valence-corrected chi connectivity index (χ2v) is 6.70. The molecule has 0 aromatic rings. The molecule has 17 heavy (non-hydrogen) atoms. The van der Waals surface area contributed by atoms with Crippen molar-refractivity contribution < 1.29 is 0 Å². The maximum atomic E-state index is 5.93. The zero-order valence-corrected chi connectivity index (χ0v) is 11.8. The summed E-state index contributed by atoms with van der Waals surface area (Å²) in [6.45, 7) is 4.56. The molecule has 0 aliphatic heterocycles.